The van der Waals surface area contributed by atoms with E-state index in [1.54, 1.807) is 30.3 Å². The average Bonchev–Trinajstić information content (AvgIpc) is 3.57. The Bertz CT molecular complexity index is 1750. The molecule has 1 amide bonds. The zero-order valence-electron chi connectivity index (χ0n) is 19.4. The third-order valence-electron chi connectivity index (χ3n) is 6.42. The first-order valence-corrected chi connectivity index (χ1v) is 12.7. The number of rotatable bonds is 5. The molecule has 184 valence electrons. The van der Waals surface area contributed by atoms with E-state index in [0.717, 1.165) is 16.7 Å². The molecule has 9 heteroatoms. The van der Waals surface area contributed by atoms with Gasteiger partial charge in [-0.25, -0.2) is 4.98 Å². The number of phenolic OH excluding ortho intramolecular Hbond substituents is 1. The maximum Gasteiger partial charge on any atom is 0.296 e. The highest BCUT2D eigenvalue weighted by atomic mass is 35.5. The minimum Gasteiger partial charge on any atom is -0.508 e. The van der Waals surface area contributed by atoms with Crippen molar-refractivity contribution in [1.29, 1.82) is 0 Å². The Morgan fingerprint density at radius 3 is 2.62 bits per heavy atom. The summed E-state index contributed by atoms with van der Waals surface area (Å²) in [5.74, 6) is -2.05. The summed E-state index contributed by atoms with van der Waals surface area (Å²) in [6, 6.07) is 17.5. The number of benzene rings is 3. The second kappa shape index (κ2) is 8.76. The largest absolute Gasteiger partial charge is 0.508 e. The number of aromatic nitrogens is 1. The maximum absolute atomic E-state index is 13.8. The van der Waals surface area contributed by atoms with Crippen molar-refractivity contribution in [1.82, 2.24) is 4.98 Å². The highest BCUT2D eigenvalue weighted by Gasteiger charge is 2.46. The SMILES string of the molecule is CCc1ccc2nc(N3C(=O)C(O)=C(C(=O)c4cc5cc(Cl)ccc5o4)C3c3ccc(O)cc3)sc2c1. The fourth-order valence-corrected chi connectivity index (χ4v) is 5.78. The van der Waals surface area contributed by atoms with Gasteiger partial charge in [-0.05, 0) is 66.1 Å². The second-order valence-electron chi connectivity index (χ2n) is 8.71. The molecule has 0 radical (unpaired) electrons. The van der Waals surface area contributed by atoms with E-state index in [9.17, 15) is 19.8 Å². The van der Waals surface area contributed by atoms with Crippen molar-refractivity contribution in [2.45, 2.75) is 19.4 Å². The molecule has 0 bridgehead atoms. The van der Waals surface area contributed by atoms with Gasteiger partial charge in [0, 0.05) is 10.4 Å². The number of furan rings is 1. The molecule has 2 N–H and O–H groups in total. The molecule has 7 nitrogen and oxygen atoms in total. The van der Waals surface area contributed by atoms with Crippen molar-refractivity contribution < 1.29 is 24.2 Å². The van der Waals surface area contributed by atoms with Gasteiger partial charge in [-0.3, -0.25) is 14.5 Å². The zero-order valence-corrected chi connectivity index (χ0v) is 21.0. The summed E-state index contributed by atoms with van der Waals surface area (Å²) in [5.41, 5.74) is 2.68. The number of hydrogen-bond donors (Lipinski definition) is 2. The number of thiazole rings is 1. The molecule has 5 aromatic rings. The van der Waals surface area contributed by atoms with Crippen LogP contribution in [0.3, 0.4) is 0 Å². The van der Waals surface area contributed by atoms with Crippen molar-refractivity contribution in [2.75, 3.05) is 4.90 Å². The predicted octanol–water partition coefficient (Wildman–Crippen LogP) is 6.75. The Morgan fingerprint density at radius 1 is 1.08 bits per heavy atom. The Morgan fingerprint density at radius 2 is 1.86 bits per heavy atom. The van der Waals surface area contributed by atoms with Crippen LogP contribution in [0.25, 0.3) is 21.2 Å². The number of nitrogens with zero attached hydrogens (tertiary/aromatic N) is 2. The van der Waals surface area contributed by atoms with Crippen LogP contribution in [0.5, 0.6) is 5.75 Å². The monoisotopic (exact) mass is 530 g/mol. The highest BCUT2D eigenvalue weighted by molar-refractivity contribution is 7.22. The van der Waals surface area contributed by atoms with Gasteiger partial charge in [-0.15, -0.1) is 0 Å². The Labute approximate surface area is 219 Å². The number of carbonyl (C=O) groups excluding carboxylic acids is 2. The van der Waals surface area contributed by atoms with Gasteiger partial charge >= 0.3 is 0 Å². The van der Waals surface area contributed by atoms with E-state index in [4.69, 9.17) is 16.0 Å². The first-order valence-electron chi connectivity index (χ1n) is 11.5. The summed E-state index contributed by atoms with van der Waals surface area (Å²) < 4.78 is 6.65. The first kappa shape index (κ1) is 23.3. The average molecular weight is 531 g/mol. The molecule has 0 spiro atoms. The van der Waals surface area contributed by atoms with Crippen molar-refractivity contribution in [3.63, 3.8) is 0 Å². The standard InChI is InChI=1S/C28H19ClN2O5S/c1-2-14-3-9-19-22(11-14)37-28(30-19)31-24(15-4-7-18(32)8-5-15)23(26(34)27(31)35)25(33)21-13-16-12-17(29)6-10-20(16)36-21/h3-13,24,32,34H,2H2,1H3. The van der Waals surface area contributed by atoms with Crippen LogP contribution < -0.4 is 4.90 Å². The molecule has 2 aromatic heterocycles. The number of anilines is 1. The number of aliphatic hydroxyl groups excluding tert-OH is 1. The lowest BCUT2D eigenvalue weighted by atomic mass is 9.95. The van der Waals surface area contributed by atoms with Gasteiger partial charge in [-0.2, -0.15) is 0 Å². The summed E-state index contributed by atoms with van der Waals surface area (Å²) in [6.45, 7) is 2.06. The van der Waals surface area contributed by atoms with E-state index in [2.05, 4.69) is 11.9 Å². The molecule has 37 heavy (non-hydrogen) atoms. The first-order chi connectivity index (χ1) is 17.8. The summed E-state index contributed by atoms with van der Waals surface area (Å²) in [4.78, 5) is 33.2. The summed E-state index contributed by atoms with van der Waals surface area (Å²) >= 11 is 7.38. The molecular weight excluding hydrogens is 512 g/mol. The number of aliphatic hydroxyl groups is 1. The number of aromatic hydroxyl groups is 1. The van der Waals surface area contributed by atoms with Crippen LogP contribution in [0.15, 0.2) is 82.5 Å². The lowest BCUT2D eigenvalue weighted by Crippen LogP contribution is -2.30. The van der Waals surface area contributed by atoms with Crippen LogP contribution >= 0.6 is 22.9 Å². The molecule has 0 saturated carbocycles. The van der Waals surface area contributed by atoms with Gasteiger partial charge < -0.3 is 14.6 Å². The molecule has 0 fully saturated rings. The van der Waals surface area contributed by atoms with Gasteiger partial charge in [0.25, 0.3) is 5.91 Å². The van der Waals surface area contributed by atoms with Crippen LogP contribution in [-0.2, 0) is 11.2 Å². The number of carbonyl (C=O) groups is 2. The van der Waals surface area contributed by atoms with Gasteiger partial charge in [0.15, 0.2) is 16.7 Å². The summed E-state index contributed by atoms with van der Waals surface area (Å²) in [7, 11) is 0. The fourth-order valence-electron chi connectivity index (χ4n) is 4.55. The maximum atomic E-state index is 13.8. The summed E-state index contributed by atoms with van der Waals surface area (Å²) in [5, 5.41) is 22.3. The van der Waals surface area contributed by atoms with Crippen molar-refractivity contribution in [2.24, 2.45) is 0 Å². The van der Waals surface area contributed by atoms with E-state index in [0.29, 0.717) is 32.2 Å². The molecular formula is C28H19ClN2O5S. The molecule has 6 rings (SSSR count). The molecule has 3 aromatic carbocycles. The minimum absolute atomic E-state index is 0.0296. The normalized spacial score (nSPS) is 15.9. The number of ketones is 1. The molecule has 1 aliphatic heterocycles. The summed E-state index contributed by atoms with van der Waals surface area (Å²) in [6.07, 6.45) is 0.853. The van der Waals surface area contributed by atoms with E-state index >= 15 is 0 Å². The van der Waals surface area contributed by atoms with Crippen molar-refractivity contribution in [3.05, 3.63) is 100.0 Å². The fraction of sp³-hybridized carbons (Fsp3) is 0.107. The topological polar surface area (TPSA) is 104 Å². The number of amides is 1. The lowest BCUT2D eigenvalue weighted by Gasteiger charge is -2.24. The third-order valence-corrected chi connectivity index (χ3v) is 7.67. The Hall–Kier alpha value is -4.14. The van der Waals surface area contributed by atoms with E-state index < -0.39 is 23.5 Å². The number of hydrogen-bond acceptors (Lipinski definition) is 7. The van der Waals surface area contributed by atoms with Gasteiger partial charge in [0.1, 0.15) is 11.3 Å². The number of Topliss-reactive ketones (excluding diaryl/α,β-unsaturated/α-hetero) is 1. The number of fused-ring (bicyclic) bond motifs is 2. The zero-order chi connectivity index (χ0) is 25.8. The number of aryl methyl sites for hydroxylation is 1. The molecule has 0 aliphatic carbocycles. The number of phenols is 1. The molecule has 1 unspecified atom stereocenters. The molecule has 1 aliphatic rings. The van der Waals surface area contributed by atoms with Gasteiger partial charge in [0.05, 0.1) is 21.8 Å². The molecule has 3 heterocycles. The van der Waals surface area contributed by atoms with Crippen LogP contribution in [-0.4, -0.2) is 26.9 Å². The van der Waals surface area contributed by atoms with E-state index in [-0.39, 0.29) is 17.1 Å². The van der Waals surface area contributed by atoms with Gasteiger partial charge in [0.2, 0.25) is 5.78 Å². The van der Waals surface area contributed by atoms with Crippen LogP contribution in [0.2, 0.25) is 5.02 Å². The minimum atomic E-state index is -0.983. The third kappa shape index (κ3) is 3.85. The van der Waals surface area contributed by atoms with E-state index in [1.807, 2.05) is 18.2 Å². The van der Waals surface area contributed by atoms with Crippen molar-refractivity contribution in [3.8, 4) is 5.75 Å². The molecule has 0 saturated heterocycles. The smallest absolute Gasteiger partial charge is 0.296 e. The predicted molar refractivity (Wildman–Crippen MR) is 143 cm³/mol. The van der Waals surface area contributed by atoms with Crippen LogP contribution in [0, 0.1) is 0 Å². The highest BCUT2D eigenvalue weighted by Crippen LogP contribution is 2.45. The van der Waals surface area contributed by atoms with E-state index in [1.165, 1.54) is 34.4 Å². The van der Waals surface area contributed by atoms with Crippen LogP contribution in [0.1, 0.15) is 34.6 Å². The van der Waals surface area contributed by atoms with Crippen molar-refractivity contribution >= 4 is 60.9 Å². The lowest BCUT2D eigenvalue weighted by molar-refractivity contribution is -0.117. The van der Waals surface area contributed by atoms with Crippen LogP contribution in [0.4, 0.5) is 5.13 Å². The van der Waals surface area contributed by atoms with Gasteiger partial charge in [-0.1, -0.05) is 48.1 Å². The Kier molecular flexibility index (Phi) is 5.51. The second-order valence-corrected chi connectivity index (χ2v) is 10.2. The quantitative estimate of drug-likeness (QED) is 0.244. The molecule has 1 atom stereocenters. The Balaban J connectivity index is 1.50. The number of halogens is 1.